The molecule has 0 bridgehead atoms. The van der Waals surface area contributed by atoms with E-state index in [4.69, 9.17) is 0 Å². The molecular weight excluding hydrogens is 372 g/mol. The summed E-state index contributed by atoms with van der Waals surface area (Å²) in [6.45, 7) is 1.59. The maximum atomic E-state index is 12.2. The van der Waals surface area contributed by atoms with Crippen LogP contribution in [0, 0.1) is 0 Å². The van der Waals surface area contributed by atoms with Crippen molar-refractivity contribution in [1.29, 1.82) is 0 Å². The highest BCUT2D eigenvalue weighted by atomic mass is 32.1. The van der Waals surface area contributed by atoms with Crippen molar-refractivity contribution in [3.05, 3.63) is 82.0 Å². The van der Waals surface area contributed by atoms with Crippen molar-refractivity contribution >= 4 is 34.6 Å². The molecule has 2 heterocycles. The maximum Gasteiger partial charge on any atom is 0.337 e. The Kier molecular flexibility index (Phi) is 5.12. The van der Waals surface area contributed by atoms with Gasteiger partial charge in [-0.05, 0) is 41.6 Å². The van der Waals surface area contributed by atoms with E-state index in [1.807, 2.05) is 29.6 Å². The van der Waals surface area contributed by atoms with Crippen LogP contribution in [0.4, 0.5) is 11.4 Å². The third-order valence-corrected chi connectivity index (χ3v) is 5.90. The van der Waals surface area contributed by atoms with Gasteiger partial charge >= 0.3 is 5.97 Å². The van der Waals surface area contributed by atoms with Crippen LogP contribution >= 0.6 is 11.3 Å². The summed E-state index contributed by atoms with van der Waals surface area (Å²) in [5.74, 6) is -0.837. The lowest BCUT2D eigenvalue weighted by molar-refractivity contribution is 0.0697. The molecule has 1 aromatic heterocycles. The Balaban J connectivity index is 1.54. The Hall–Kier alpha value is -3.12. The number of benzene rings is 2. The number of carbonyl (C=O) groups is 2. The Morgan fingerprint density at radius 3 is 2.61 bits per heavy atom. The van der Waals surface area contributed by atoms with Crippen molar-refractivity contribution < 1.29 is 14.7 Å². The van der Waals surface area contributed by atoms with Gasteiger partial charge in [-0.1, -0.05) is 36.4 Å². The molecule has 3 aromatic rings. The van der Waals surface area contributed by atoms with Crippen molar-refractivity contribution in [2.45, 2.75) is 12.3 Å². The fourth-order valence-electron chi connectivity index (χ4n) is 3.64. The fourth-order valence-corrected chi connectivity index (χ4v) is 4.26. The van der Waals surface area contributed by atoms with Crippen molar-refractivity contribution in [3.63, 3.8) is 0 Å². The third kappa shape index (κ3) is 3.77. The molecular formula is C22H20N2O3S. The first-order valence-electron chi connectivity index (χ1n) is 9.14. The second-order valence-electron chi connectivity index (χ2n) is 6.81. The van der Waals surface area contributed by atoms with E-state index >= 15 is 0 Å². The van der Waals surface area contributed by atoms with E-state index in [0.29, 0.717) is 22.2 Å². The summed E-state index contributed by atoms with van der Waals surface area (Å²) in [7, 11) is 0. The second-order valence-corrected chi connectivity index (χ2v) is 7.76. The van der Waals surface area contributed by atoms with Gasteiger partial charge in [-0.3, -0.25) is 4.79 Å². The molecule has 2 N–H and O–H groups in total. The van der Waals surface area contributed by atoms with Crippen LogP contribution in [0.1, 0.15) is 37.9 Å². The predicted octanol–water partition coefficient (Wildman–Crippen LogP) is 4.69. The molecule has 1 atom stereocenters. The SMILES string of the molecule is O=C(Nc1ccc(N2CC[C@H](c3ccccc3)C2)c(C(=O)O)c1)c1cccs1. The van der Waals surface area contributed by atoms with E-state index in [1.54, 1.807) is 24.3 Å². The number of aromatic carboxylic acids is 1. The lowest BCUT2D eigenvalue weighted by atomic mass is 9.99. The summed E-state index contributed by atoms with van der Waals surface area (Å²) in [4.78, 5) is 26.8. The van der Waals surface area contributed by atoms with Gasteiger partial charge in [0.1, 0.15) is 0 Å². The smallest absolute Gasteiger partial charge is 0.337 e. The number of carboxylic acids is 1. The van der Waals surface area contributed by atoms with E-state index in [-0.39, 0.29) is 11.5 Å². The minimum Gasteiger partial charge on any atom is -0.478 e. The van der Waals surface area contributed by atoms with Gasteiger partial charge in [0.25, 0.3) is 5.91 Å². The summed E-state index contributed by atoms with van der Waals surface area (Å²) >= 11 is 1.35. The van der Waals surface area contributed by atoms with Gasteiger partial charge in [0.2, 0.25) is 0 Å². The lowest BCUT2D eigenvalue weighted by Crippen LogP contribution is -2.22. The van der Waals surface area contributed by atoms with Gasteiger partial charge in [-0.15, -0.1) is 11.3 Å². The number of rotatable bonds is 5. The molecule has 142 valence electrons. The maximum absolute atomic E-state index is 12.2. The molecule has 0 unspecified atom stereocenters. The average Bonchev–Trinajstić information content (AvgIpc) is 3.41. The first-order valence-corrected chi connectivity index (χ1v) is 10.0. The zero-order valence-electron chi connectivity index (χ0n) is 15.2. The fraction of sp³-hybridized carbons (Fsp3) is 0.182. The number of anilines is 2. The normalized spacial score (nSPS) is 16.1. The topological polar surface area (TPSA) is 69.6 Å². The van der Waals surface area contributed by atoms with E-state index in [2.05, 4.69) is 22.3 Å². The van der Waals surface area contributed by atoms with Crippen molar-refractivity contribution in [3.8, 4) is 0 Å². The number of hydrogen-bond acceptors (Lipinski definition) is 4. The standard InChI is InChI=1S/C22H20N2O3S/c25-21(20-7-4-12-28-20)23-17-8-9-19(18(13-17)22(26)27)24-11-10-16(14-24)15-5-2-1-3-6-15/h1-9,12-13,16H,10-11,14H2,(H,23,25)(H,26,27)/t16-/m0/s1. The predicted molar refractivity (Wildman–Crippen MR) is 112 cm³/mol. The summed E-state index contributed by atoms with van der Waals surface area (Å²) in [6, 6.07) is 19.0. The summed E-state index contributed by atoms with van der Waals surface area (Å²) in [6.07, 6.45) is 0.986. The molecule has 5 nitrogen and oxygen atoms in total. The third-order valence-electron chi connectivity index (χ3n) is 5.03. The molecule has 0 radical (unpaired) electrons. The van der Waals surface area contributed by atoms with Crippen LogP contribution in [0.5, 0.6) is 0 Å². The first kappa shape index (κ1) is 18.3. The number of carbonyl (C=O) groups excluding carboxylic acids is 1. The van der Waals surface area contributed by atoms with Gasteiger partial charge < -0.3 is 15.3 Å². The van der Waals surface area contributed by atoms with Crippen molar-refractivity contribution in [2.75, 3.05) is 23.3 Å². The van der Waals surface area contributed by atoms with Gasteiger partial charge in [-0.2, -0.15) is 0 Å². The quantitative estimate of drug-likeness (QED) is 0.661. The van der Waals surface area contributed by atoms with Gasteiger partial charge in [0.15, 0.2) is 0 Å². The van der Waals surface area contributed by atoms with Crippen LogP contribution in [0.3, 0.4) is 0 Å². The number of hydrogen-bond donors (Lipinski definition) is 2. The molecule has 1 saturated heterocycles. The Morgan fingerprint density at radius 1 is 1.07 bits per heavy atom. The van der Waals surface area contributed by atoms with Gasteiger partial charge in [0.05, 0.1) is 16.1 Å². The molecule has 1 amide bonds. The van der Waals surface area contributed by atoms with Crippen LogP contribution in [-0.4, -0.2) is 30.1 Å². The van der Waals surface area contributed by atoms with Crippen LogP contribution in [0.25, 0.3) is 0 Å². The van der Waals surface area contributed by atoms with Crippen LogP contribution in [-0.2, 0) is 0 Å². The second kappa shape index (κ2) is 7.86. The number of nitrogens with one attached hydrogen (secondary N) is 1. The molecule has 6 heteroatoms. The van der Waals surface area contributed by atoms with E-state index < -0.39 is 5.97 Å². The zero-order chi connectivity index (χ0) is 19.5. The molecule has 1 aliphatic rings. The van der Waals surface area contributed by atoms with Gasteiger partial charge in [-0.25, -0.2) is 4.79 Å². The molecule has 28 heavy (non-hydrogen) atoms. The summed E-state index contributed by atoms with van der Waals surface area (Å²) < 4.78 is 0. The number of carboxylic acid groups (broad SMARTS) is 1. The Bertz CT molecular complexity index is 986. The van der Waals surface area contributed by atoms with Crippen molar-refractivity contribution in [2.24, 2.45) is 0 Å². The number of amides is 1. The Labute approximate surface area is 167 Å². The molecule has 0 aliphatic carbocycles. The van der Waals surface area contributed by atoms with Crippen molar-refractivity contribution in [1.82, 2.24) is 0 Å². The highest BCUT2D eigenvalue weighted by Gasteiger charge is 2.27. The van der Waals surface area contributed by atoms with Crippen LogP contribution in [0.2, 0.25) is 0 Å². The van der Waals surface area contributed by atoms with Crippen LogP contribution < -0.4 is 10.2 Å². The molecule has 4 rings (SSSR count). The van der Waals surface area contributed by atoms with Gasteiger partial charge in [0, 0.05) is 24.7 Å². The molecule has 1 aliphatic heterocycles. The van der Waals surface area contributed by atoms with E-state index in [0.717, 1.165) is 19.5 Å². The summed E-state index contributed by atoms with van der Waals surface area (Å²) in [5.41, 5.74) is 2.66. The monoisotopic (exact) mass is 392 g/mol. The van der Waals surface area contributed by atoms with Crippen LogP contribution in [0.15, 0.2) is 66.0 Å². The minimum atomic E-state index is -0.995. The Morgan fingerprint density at radius 2 is 1.89 bits per heavy atom. The molecule has 1 fully saturated rings. The van der Waals surface area contributed by atoms with E-state index in [9.17, 15) is 14.7 Å². The first-order chi connectivity index (χ1) is 13.6. The molecule has 2 aromatic carbocycles. The molecule has 0 spiro atoms. The molecule has 0 saturated carbocycles. The minimum absolute atomic E-state index is 0.206. The lowest BCUT2D eigenvalue weighted by Gasteiger charge is -2.21. The highest BCUT2D eigenvalue weighted by molar-refractivity contribution is 7.12. The number of nitrogens with zero attached hydrogens (tertiary/aromatic N) is 1. The largest absolute Gasteiger partial charge is 0.478 e. The average molecular weight is 392 g/mol. The summed E-state index contributed by atoms with van der Waals surface area (Å²) in [5, 5.41) is 14.3. The zero-order valence-corrected chi connectivity index (χ0v) is 16.0. The highest BCUT2D eigenvalue weighted by Crippen LogP contribution is 2.33. The number of thiophene rings is 1. The van der Waals surface area contributed by atoms with E-state index in [1.165, 1.54) is 16.9 Å².